The molecule has 0 aromatic rings. The average Bonchev–Trinajstić information content (AvgIpc) is 2.13. The van der Waals surface area contributed by atoms with Crippen LogP contribution in [0.15, 0.2) is 12.2 Å². The van der Waals surface area contributed by atoms with Crippen LogP contribution in [0.1, 0.15) is 13.8 Å². The summed E-state index contributed by atoms with van der Waals surface area (Å²) >= 11 is 0. The van der Waals surface area contributed by atoms with E-state index >= 15 is 0 Å². The molecule has 1 aliphatic rings. The van der Waals surface area contributed by atoms with Crippen LogP contribution in [0.5, 0.6) is 0 Å². The average molecular weight is 140 g/mol. The van der Waals surface area contributed by atoms with Crippen LogP contribution in [-0.4, -0.2) is 17.4 Å². The van der Waals surface area contributed by atoms with Crippen molar-refractivity contribution in [1.82, 2.24) is 0 Å². The molecular weight excluding hydrogens is 132 g/mol. The molecule has 1 atom stereocenters. The molecule has 0 N–H and O–H groups in total. The topological polar surface area (TPSA) is 43.4 Å². The van der Waals surface area contributed by atoms with Gasteiger partial charge in [-0.05, 0) is 19.9 Å². The minimum absolute atomic E-state index is 0.158. The number of rotatable bonds is 1. The van der Waals surface area contributed by atoms with Gasteiger partial charge in [0.1, 0.15) is 0 Å². The summed E-state index contributed by atoms with van der Waals surface area (Å²) in [5, 5.41) is 0. The molecule has 54 valence electrons. The molecule has 0 fully saturated rings. The molecular formula is C7H8O3. The van der Waals surface area contributed by atoms with Crippen molar-refractivity contribution in [2.45, 2.75) is 19.4 Å². The van der Waals surface area contributed by atoms with Gasteiger partial charge in [-0.1, -0.05) is 0 Å². The maximum absolute atomic E-state index is 10.8. The molecule has 0 aromatic carbocycles. The van der Waals surface area contributed by atoms with Crippen LogP contribution in [0.4, 0.5) is 0 Å². The van der Waals surface area contributed by atoms with Gasteiger partial charge in [-0.15, -0.1) is 0 Å². The van der Waals surface area contributed by atoms with Gasteiger partial charge in [-0.25, -0.2) is 4.79 Å². The lowest BCUT2D eigenvalue weighted by molar-refractivity contribution is -0.152. The van der Waals surface area contributed by atoms with Crippen molar-refractivity contribution >= 4 is 11.8 Å². The number of carbonyl (C=O) groups is 2. The molecule has 0 aromatic heterocycles. The van der Waals surface area contributed by atoms with Gasteiger partial charge in [0.05, 0.1) is 0 Å². The van der Waals surface area contributed by atoms with Crippen molar-refractivity contribution < 1.29 is 14.3 Å². The van der Waals surface area contributed by atoms with Gasteiger partial charge in [0, 0.05) is 6.08 Å². The molecule has 0 saturated carbocycles. The molecule has 0 amide bonds. The summed E-state index contributed by atoms with van der Waals surface area (Å²) in [5.74, 6) is -0.604. The fraction of sp³-hybridized carbons (Fsp3) is 0.429. The number of carbonyl (C=O) groups excluding carboxylic acids is 2. The molecule has 0 bridgehead atoms. The Morgan fingerprint density at radius 3 is 2.50 bits per heavy atom. The van der Waals surface area contributed by atoms with Gasteiger partial charge < -0.3 is 4.74 Å². The van der Waals surface area contributed by atoms with E-state index < -0.39 is 11.6 Å². The van der Waals surface area contributed by atoms with E-state index in [-0.39, 0.29) is 5.78 Å². The summed E-state index contributed by atoms with van der Waals surface area (Å²) in [6.07, 6.45) is 2.74. The first kappa shape index (κ1) is 6.99. The van der Waals surface area contributed by atoms with Crippen LogP contribution in [0.3, 0.4) is 0 Å². The van der Waals surface area contributed by atoms with Crippen molar-refractivity contribution in [2.24, 2.45) is 0 Å². The lowest BCUT2D eigenvalue weighted by Crippen LogP contribution is -2.32. The molecule has 0 unspecified atom stereocenters. The minimum Gasteiger partial charge on any atom is -0.444 e. The van der Waals surface area contributed by atoms with E-state index in [1.54, 1.807) is 6.92 Å². The Kier molecular flexibility index (Phi) is 1.35. The molecule has 0 aliphatic carbocycles. The normalized spacial score (nSPS) is 30.4. The lowest BCUT2D eigenvalue weighted by Gasteiger charge is -2.16. The fourth-order valence-corrected chi connectivity index (χ4v) is 0.693. The highest BCUT2D eigenvalue weighted by Gasteiger charge is 2.34. The van der Waals surface area contributed by atoms with Crippen molar-refractivity contribution in [1.29, 1.82) is 0 Å². The van der Waals surface area contributed by atoms with Crippen molar-refractivity contribution in [3.63, 3.8) is 0 Å². The Morgan fingerprint density at radius 1 is 1.70 bits per heavy atom. The van der Waals surface area contributed by atoms with Gasteiger partial charge in [0.25, 0.3) is 0 Å². The highest BCUT2D eigenvalue weighted by molar-refractivity contribution is 5.96. The van der Waals surface area contributed by atoms with E-state index in [0.717, 1.165) is 0 Å². The van der Waals surface area contributed by atoms with Crippen molar-refractivity contribution in [3.8, 4) is 0 Å². The second kappa shape index (κ2) is 1.94. The van der Waals surface area contributed by atoms with E-state index in [0.29, 0.717) is 0 Å². The van der Waals surface area contributed by atoms with Crippen LogP contribution >= 0.6 is 0 Å². The molecule has 3 nitrogen and oxygen atoms in total. The zero-order chi connectivity index (χ0) is 7.78. The van der Waals surface area contributed by atoms with Crippen LogP contribution in [0, 0.1) is 0 Å². The number of cyclic esters (lactones) is 1. The predicted molar refractivity (Wildman–Crippen MR) is 34.3 cm³/mol. The molecule has 0 saturated heterocycles. The van der Waals surface area contributed by atoms with E-state index in [4.69, 9.17) is 4.74 Å². The Bertz CT molecular complexity index is 217. The third-order valence-electron chi connectivity index (χ3n) is 1.55. The number of hydrogen-bond donors (Lipinski definition) is 0. The minimum atomic E-state index is -1.00. The summed E-state index contributed by atoms with van der Waals surface area (Å²) in [6.45, 7) is 2.96. The first-order valence-corrected chi connectivity index (χ1v) is 2.98. The van der Waals surface area contributed by atoms with Gasteiger partial charge in [-0.3, -0.25) is 4.79 Å². The summed E-state index contributed by atoms with van der Waals surface area (Å²) in [7, 11) is 0. The lowest BCUT2D eigenvalue weighted by atomic mass is 10.0. The Labute approximate surface area is 58.7 Å². The third kappa shape index (κ3) is 0.943. The van der Waals surface area contributed by atoms with Crippen LogP contribution < -0.4 is 0 Å². The summed E-state index contributed by atoms with van der Waals surface area (Å²) < 4.78 is 4.71. The maximum atomic E-state index is 10.8. The van der Waals surface area contributed by atoms with E-state index in [1.165, 1.54) is 19.1 Å². The quantitative estimate of drug-likeness (QED) is 0.496. The molecule has 0 radical (unpaired) electrons. The zero-order valence-corrected chi connectivity index (χ0v) is 5.88. The number of hydrogen-bond acceptors (Lipinski definition) is 3. The summed E-state index contributed by atoms with van der Waals surface area (Å²) in [5.41, 5.74) is -1.00. The SMILES string of the molecule is CC(=O)[C@@]1(C)C=CC(=O)O1. The fourth-order valence-electron chi connectivity index (χ4n) is 0.693. The Morgan fingerprint density at radius 2 is 2.30 bits per heavy atom. The smallest absolute Gasteiger partial charge is 0.331 e. The third-order valence-corrected chi connectivity index (χ3v) is 1.55. The number of esters is 1. The van der Waals surface area contributed by atoms with Crippen LogP contribution in [-0.2, 0) is 14.3 Å². The Balaban J connectivity index is 2.84. The Hall–Kier alpha value is -1.12. The maximum Gasteiger partial charge on any atom is 0.331 e. The molecule has 1 aliphatic heterocycles. The van der Waals surface area contributed by atoms with E-state index in [9.17, 15) is 9.59 Å². The second-order valence-electron chi connectivity index (χ2n) is 2.42. The summed E-state index contributed by atoms with van der Waals surface area (Å²) in [6, 6.07) is 0. The van der Waals surface area contributed by atoms with Gasteiger partial charge >= 0.3 is 5.97 Å². The van der Waals surface area contributed by atoms with Crippen molar-refractivity contribution in [2.75, 3.05) is 0 Å². The van der Waals surface area contributed by atoms with Gasteiger partial charge in [0.2, 0.25) is 0 Å². The molecule has 0 spiro atoms. The predicted octanol–water partition coefficient (Wildman–Crippen LogP) is 0.447. The second-order valence-corrected chi connectivity index (χ2v) is 2.42. The van der Waals surface area contributed by atoms with Crippen LogP contribution in [0.25, 0.3) is 0 Å². The van der Waals surface area contributed by atoms with E-state index in [2.05, 4.69) is 0 Å². The zero-order valence-electron chi connectivity index (χ0n) is 5.88. The largest absolute Gasteiger partial charge is 0.444 e. The highest BCUT2D eigenvalue weighted by Crippen LogP contribution is 2.19. The van der Waals surface area contributed by atoms with Gasteiger partial charge in [0.15, 0.2) is 11.4 Å². The van der Waals surface area contributed by atoms with Crippen LogP contribution in [0.2, 0.25) is 0 Å². The number of Topliss-reactive ketones (excluding diaryl/α,β-unsaturated/α-hetero) is 1. The summed E-state index contributed by atoms with van der Waals surface area (Å²) in [4.78, 5) is 21.3. The highest BCUT2D eigenvalue weighted by atomic mass is 16.6. The van der Waals surface area contributed by atoms with Crippen molar-refractivity contribution in [3.05, 3.63) is 12.2 Å². The molecule has 3 heteroatoms. The first-order valence-electron chi connectivity index (χ1n) is 2.98. The number of ketones is 1. The molecule has 1 rings (SSSR count). The van der Waals surface area contributed by atoms with Gasteiger partial charge in [-0.2, -0.15) is 0 Å². The molecule has 1 heterocycles. The molecule has 10 heavy (non-hydrogen) atoms. The standard InChI is InChI=1S/C7H8O3/c1-5(8)7(2)4-3-6(9)10-7/h3-4H,1-2H3/t7-/m1/s1. The monoisotopic (exact) mass is 140 g/mol. The number of ether oxygens (including phenoxy) is 1. The first-order chi connectivity index (χ1) is 4.54. The van der Waals surface area contributed by atoms with E-state index in [1.807, 2.05) is 0 Å².